The first-order chi connectivity index (χ1) is 14.8. The minimum absolute atomic E-state index is 0.0121. The summed E-state index contributed by atoms with van der Waals surface area (Å²) in [5.41, 5.74) is 4.41. The number of anilines is 1. The standard InChI is InChI=1S/C21H23FN4O5/c22-10-3-4-13-12(8-10)21(20(30)24-13)17-16(14(25-21)5-6-15(23)27)18(28)26(19(17)29)9-11-2-1-7-31-11/h3-4,8,11,14,16-17,25H,1-2,5-7,9H2,(H2,23,27)(H,24,30)/t11-,14-,16-,17+,21+/m0/s1. The number of carbonyl (C=O) groups excluding carboxylic acids is 4. The van der Waals surface area contributed by atoms with Crippen LogP contribution in [0.25, 0.3) is 0 Å². The smallest absolute Gasteiger partial charge is 0.250 e. The number of hydrogen-bond donors (Lipinski definition) is 3. The van der Waals surface area contributed by atoms with Gasteiger partial charge in [-0.15, -0.1) is 0 Å². The number of nitrogens with zero attached hydrogens (tertiary/aromatic N) is 1. The Hall–Kier alpha value is -2.85. The first kappa shape index (κ1) is 20.1. The number of nitrogens with one attached hydrogen (secondary N) is 2. The van der Waals surface area contributed by atoms with Crippen molar-refractivity contribution >= 4 is 29.3 Å². The summed E-state index contributed by atoms with van der Waals surface area (Å²) in [6.45, 7) is 0.705. The van der Waals surface area contributed by atoms with Gasteiger partial charge in [0.15, 0.2) is 0 Å². The molecule has 164 valence electrons. The van der Waals surface area contributed by atoms with Crippen molar-refractivity contribution in [2.75, 3.05) is 18.5 Å². The van der Waals surface area contributed by atoms with E-state index in [-0.39, 0.29) is 25.5 Å². The van der Waals surface area contributed by atoms with Gasteiger partial charge in [-0.25, -0.2) is 4.39 Å². The van der Waals surface area contributed by atoms with Gasteiger partial charge in [0.1, 0.15) is 11.4 Å². The third-order valence-corrected chi connectivity index (χ3v) is 6.88. The highest BCUT2D eigenvalue weighted by Crippen LogP contribution is 2.53. The summed E-state index contributed by atoms with van der Waals surface area (Å²) in [6, 6.07) is 3.24. The zero-order chi connectivity index (χ0) is 21.9. The van der Waals surface area contributed by atoms with Gasteiger partial charge in [-0.3, -0.25) is 29.4 Å². The molecule has 4 amide bonds. The van der Waals surface area contributed by atoms with Gasteiger partial charge in [0.05, 0.1) is 24.5 Å². The summed E-state index contributed by atoms with van der Waals surface area (Å²) in [6.07, 6.45) is 1.54. The number of imide groups is 1. The van der Waals surface area contributed by atoms with E-state index in [4.69, 9.17) is 10.5 Å². The van der Waals surface area contributed by atoms with Crippen LogP contribution in [0.3, 0.4) is 0 Å². The van der Waals surface area contributed by atoms with Gasteiger partial charge in [0.2, 0.25) is 23.6 Å². The molecule has 1 aromatic carbocycles. The zero-order valence-electron chi connectivity index (χ0n) is 16.7. The maximum absolute atomic E-state index is 14.1. The summed E-state index contributed by atoms with van der Waals surface area (Å²) >= 11 is 0. The number of ether oxygens (including phenoxy) is 1. The Balaban J connectivity index is 1.57. The molecule has 10 heteroatoms. The molecule has 0 aliphatic carbocycles. The van der Waals surface area contributed by atoms with Crippen LogP contribution in [-0.2, 0) is 29.5 Å². The molecule has 3 fully saturated rings. The van der Waals surface area contributed by atoms with E-state index in [2.05, 4.69) is 10.6 Å². The molecule has 5 atom stereocenters. The Bertz CT molecular complexity index is 994. The summed E-state index contributed by atoms with van der Waals surface area (Å²) in [5.74, 6) is -4.38. The lowest BCUT2D eigenvalue weighted by molar-refractivity contribution is -0.144. The largest absolute Gasteiger partial charge is 0.376 e. The fourth-order valence-corrected chi connectivity index (χ4v) is 5.55. The topological polar surface area (TPSA) is 131 Å². The molecule has 31 heavy (non-hydrogen) atoms. The lowest BCUT2D eigenvalue weighted by Gasteiger charge is -2.30. The Kier molecular flexibility index (Phi) is 4.60. The van der Waals surface area contributed by atoms with Gasteiger partial charge in [0.25, 0.3) is 0 Å². The molecule has 0 radical (unpaired) electrons. The Morgan fingerprint density at radius 1 is 1.29 bits per heavy atom. The lowest BCUT2D eigenvalue weighted by atomic mass is 9.76. The van der Waals surface area contributed by atoms with Crippen molar-refractivity contribution in [2.45, 2.75) is 43.4 Å². The van der Waals surface area contributed by atoms with Crippen LogP contribution in [0.2, 0.25) is 0 Å². The SMILES string of the molecule is NC(=O)CC[C@@H]1N[C@@]2(C(=O)Nc3ccc(F)cc32)[C@H]2C(=O)N(C[C@@H]3CCCO3)C(=O)[C@@H]12. The quantitative estimate of drug-likeness (QED) is 0.563. The number of fused-ring (bicyclic) bond motifs is 4. The molecule has 0 aromatic heterocycles. The van der Waals surface area contributed by atoms with Crippen molar-refractivity contribution in [3.63, 3.8) is 0 Å². The van der Waals surface area contributed by atoms with E-state index >= 15 is 0 Å². The molecular formula is C21H23FN4O5. The van der Waals surface area contributed by atoms with Crippen LogP contribution in [0, 0.1) is 17.7 Å². The second-order valence-electron chi connectivity index (χ2n) is 8.63. The van der Waals surface area contributed by atoms with E-state index < -0.39 is 52.9 Å². The summed E-state index contributed by atoms with van der Waals surface area (Å²) < 4.78 is 19.7. The highest BCUT2D eigenvalue weighted by atomic mass is 19.1. The number of nitrogens with two attached hydrogens (primary N) is 1. The summed E-state index contributed by atoms with van der Waals surface area (Å²) in [4.78, 5) is 52.6. The Labute approximate surface area is 177 Å². The van der Waals surface area contributed by atoms with Crippen LogP contribution < -0.4 is 16.4 Å². The summed E-state index contributed by atoms with van der Waals surface area (Å²) in [5, 5.41) is 5.86. The highest BCUT2D eigenvalue weighted by molar-refractivity contribution is 6.15. The molecule has 4 aliphatic heterocycles. The fraction of sp³-hybridized carbons (Fsp3) is 0.524. The van der Waals surface area contributed by atoms with Crippen LogP contribution in [0.5, 0.6) is 0 Å². The average Bonchev–Trinajstić information content (AvgIpc) is 3.46. The number of halogens is 1. The molecule has 1 spiro atoms. The van der Waals surface area contributed by atoms with E-state index in [0.29, 0.717) is 17.9 Å². The monoisotopic (exact) mass is 430 g/mol. The first-order valence-electron chi connectivity index (χ1n) is 10.5. The van der Waals surface area contributed by atoms with E-state index in [1.807, 2.05) is 0 Å². The van der Waals surface area contributed by atoms with Crippen molar-refractivity contribution in [2.24, 2.45) is 17.6 Å². The number of benzene rings is 1. The van der Waals surface area contributed by atoms with Crippen LogP contribution in [0.15, 0.2) is 18.2 Å². The number of amides is 4. The van der Waals surface area contributed by atoms with E-state index in [0.717, 1.165) is 12.8 Å². The van der Waals surface area contributed by atoms with Gasteiger partial charge in [-0.1, -0.05) is 0 Å². The molecule has 1 aromatic rings. The molecular weight excluding hydrogens is 407 g/mol. The molecule has 0 saturated carbocycles. The summed E-state index contributed by atoms with van der Waals surface area (Å²) in [7, 11) is 0. The molecule has 5 rings (SSSR count). The average molecular weight is 430 g/mol. The van der Waals surface area contributed by atoms with Crippen molar-refractivity contribution in [1.82, 2.24) is 10.2 Å². The second-order valence-corrected chi connectivity index (χ2v) is 8.63. The molecule has 4 N–H and O–H groups in total. The number of hydrogen-bond acceptors (Lipinski definition) is 6. The van der Waals surface area contributed by atoms with E-state index in [9.17, 15) is 23.6 Å². The molecule has 3 saturated heterocycles. The number of likely N-dealkylation sites (tertiary alicyclic amines) is 1. The van der Waals surface area contributed by atoms with Gasteiger partial charge in [-0.05, 0) is 37.5 Å². The normalized spacial score (nSPS) is 33.8. The van der Waals surface area contributed by atoms with E-state index in [1.165, 1.54) is 23.1 Å². The predicted molar refractivity (Wildman–Crippen MR) is 105 cm³/mol. The highest BCUT2D eigenvalue weighted by Gasteiger charge is 2.70. The lowest BCUT2D eigenvalue weighted by Crippen LogP contribution is -2.53. The van der Waals surface area contributed by atoms with Gasteiger partial charge in [0, 0.05) is 30.3 Å². The Morgan fingerprint density at radius 2 is 2.10 bits per heavy atom. The van der Waals surface area contributed by atoms with Gasteiger partial charge < -0.3 is 15.8 Å². The molecule has 0 unspecified atom stereocenters. The number of rotatable bonds is 5. The van der Waals surface area contributed by atoms with Crippen molar-refractivity contribution in [3.05, 3.63) is 29.6 Å². The maximum Gasteiger partial charge on any atom is 0.250 e. The molecule has 9 nitrogen and oxygen atoms in total. The van der Waals surface area contributed by atoms with Crippen LogP contribution in [0.1, 0.15) is 31.2 Å². The second kappa shape index (κ2) is 7.10. The van der Waals surface area contributed by atoms with Crippen LogP contribution >= 0.6 is 0 Å². The maximum atomic E-state index is 14.1. The minimum Gasteiger partial charge on any atom is -0.376 e. The fourth-order valence-electron chi connectivity index (χ4n) is 5.55. The molecule has 0 bridgehead atoms. The molecule has 4 aliphatic rings. The predicted octanol–water partition coefficient (Wildman–Crippen LogP) is -0.00940. The van der Waals surface area contributed by atoms with Crippen molar-refractivity contribution < 1.29 is 28.3 Å². The van der Waals surface area contributed by atoms with E-state index in [1.54, 1.807) is 0 Å². The number of primary amides is 1. The third kappa shape index (κ3) is 2.89. The number of carbonyl (C=O) groups is 4. The van der Waals surface area contributed by atoms with Gasteiger partial charge >= 0.3 is 0 Å². The third-order valence-electron chi connectivity index (χ3n) is 6.88. The van der Waals surface area contributed by atoms with Crippen molar-refractivity contribution in [3.8, 4) is 0 Å². The van der Waals surface area contributed by atoms with Crippen molar-refractivity contribution in [1.29, 1.82) is 0 Å². The van der Waals surface area contributed by atoms with Crippen LogP contribution in [0.4, 0.5) is 10.1 Å². The molecule has 4 heterocycles. The van der Waals surface area contributed by atoms with Crippen LogP contribution in [-0.4, -0.2) is 53.8 Å². The first-order valence-corrected chi connectivity index (χ1v) is 10.5. The zero-order valence-corrected chi connectivity index (χ0v) is 16.7. The Morgan fingerprint density at radius 3 is 2.81 bits per heavy atom. The van der Waals surface area contributed by atoms with Gasteiger partial charge in [-0.2, -0.15) is 0 Å². The minimum atomic E-state index is -1.58.